The van der Waals surface area contributed by atoms with Gasteiger partial charge in [-0.05, 0) is 61.2 Å². The first-order valence-corrected chi connectivity index (χ1v) is 7.63. The third-order valence-electron chi connectivity index (χ3n) is 3.77. The van der Waals surface area contributed by atoms with E-state index in [-0.39, 0.29) is 17.2 Å². The molecular formula is C18H18N2O2. The summed E-state index contributed by atoms with van der Waals surface area (Å²) >= 11 is 0. The van der Waals surface area contributed by atoms with Gasteiger partial charge in [-0.1, -0.05) is 6.92 Å². The lowest BCUT2D eigenvalue weighted by molar-refractivity contribution is 0.317. The molecule has 3 rings (SSSR count). The predicted octanol–water partition coefficient (Wildman–Crippen LogP) is 3.51. The summed E-state index contributed by atoms with van der Waals surface area (Å²) in [5, 5.41) is 9.05. The van der Waals surface area contributed by atoms with Gasteiger partial charge in [0.25, 0.3) is 5.56 Å². The summed E-state index contributed by atoms with van der Waals surface area (Å²) in [6.07, 6.45) is 2.97. The molecule has 22 heavy (non-hydrogen) atoms. The molecule has 0 bridgehead atoms. The van der Waals surface area contributed by atoms with Gasteiger partial charge in [-0.15, -0.1) is 0 Å². The van der Waals surface area contributed by atoms with Crippen molar-refractivity contribution in [1.82, 2.24) is 4.57 Å². The molecule has 1 aromatic carbocycles. The van der Waals surface area contributed by atoms with E-state index in [9.17, 15) is 4.79 Å². The third kappa shape index (κ3) is 2.75. The number of hydrogen-bond donors (Lipinski definition) is 0. The second kappa shape index (κ2) is 6.07. The second-order valence-corrected chi connectivity index (χ2v) is 5.52. The fourth-order valence-electron chi connectivity index (χ4n) is 2.51. The maximum atomic E-state index is 12.4. The Labute approximate surface area is 129 Å². The van der Waals surface area contributed by atoms with E-state index >= 15 is 0 Å². The summed E-state index contributed by atoms with van der Waals surface area (Å²) in [7, 11) is 0. The van der Waals surface area contributed by atoms with Gasteiger partial charge in [0.1, 0.15) is 17.4 Å². The Balaban J connectivity index is 1.99. The summed E-state index contributed by atoms with van der Waals surface area (Å²) in [6.45, 7) is 2.77. The quantitative estimate of drug-likeness (QED) is 0.848. The van der Waals surface area contributed by atoms with Crippen LogP contribution < -0.4 is 10.3 Å². The lowest BCUT2D eigenvalue weighted by atomic mass is 10.1. The molecule has 1 heterocycles. The molecule has 0 amide bonds. The molecule has 1 aliphatic carbocycles. The Hall–Kier alpha value is -2.54. The predicted molar refractivity (Wildman–Crippen MR) is 84.9 cm³/mol. The van der Waals surface area contributed by atoms with Crippen molar-refractivity contribution in [3.05, 3.63) is 52.3 Å². The summed E-state index contributed by atoms with van der Waals surface area (Å²) in [6, 6.07) is 13.4. The van der Waals surface area contributed by atoms with Crippen LogP contribution in [0, 0.1) is 11.3 Å². The van der Waals surface area contributed by atoms with Crippen LogP contribution in [-0.4, -0.2) is 11.2 Å². The largest absolute Gasteiger partial charge is 0.494 e. The van der Waals surface area contributed by atoms with E-state index in [2.05, 4.69) is 6.92 Å². The van der Waals surface area contributed by atoms with Gasteiger partial charge in [-0.2, -0.15) is 5.26 Å². The van der Waals surface area contributed by atoms with Gasteiger partial charge in [-0.3, -0.25) is 4.79 Å². The van der Waals surface area contributed by atoms with E-state index in [0.29, 0.717) is 6.61 Å². The van der Waals surface area contributed by atoms with Crippen LogP contribution in [0.3, 0.4) is 0 Å². The van der Waals surface area contributed by atoms with Crippen molar-refractivity contribution in [2.24, 2.45) is 0 Å². The zero-order valence-electron chi connectivity index (χ0n) is 12.6. The van der Waals surface area contributed by atoms with Gasteiger partial charge in [0, 0.05) is 6.04 Å². The minimum Gasteiger partial charge on any atom is -0.494 e. The standard InChI is InChI=1S/C18H18N2O2/c1-2-11-22-16-8-3-13(4-9-16)17-10-5-14(12-19)18(21)20(17)15-6-7-15/h3-5,8-10,15H,2,6-7,11H2,1H3. The van der Waals surface area contributed by atoms with Crippen LogP contribution in [0.4, 0.5) is 0 Å². The fraction of sp³-hybridized carbons (Fsp3) is 0.333. The molecule has 112 valence electrons. The van der Waals surface area contributed by atoms with Crippen molar-refractivity contribution in [3.63, 3.8) is 0 Å². The molecule has 0 unspecified atom stereocenters. The number of aromatic nitrogens is 1. The van der Waals surface area contributed by atoms with E-state index in [0.717, 1.165) is 36.3 Å². The van der Waals surface area contributed by atoms with Crippen LogP contribution >= 0.6 is 0 Å². The first kappa shape index (κ1) is 14.4. The molecule has 4 nitrogen and oxygen atoms in total. The summed E-state index contributed by atoms with van der Waals surface area (Å²) in [4.78, 5) is 12.4. The molecule has 0 aliphatic heterocycles. The maximum absolute atomic E-state index is 12.4. The summed E-state index contributed by atoms with van der Waals surface area (Å²) in [5.74, 6) is 0.833. The number of ether oxygens (including phenoxy) is 1. The minimum atomic E-state index is -0.186. The topological polar surface area (TPSA) is 55.0 Å². The van der Waals surface area contributed by atoms with Crippen LogP contribution in [0.5, 0.6) is 5.75 Å². The lowest BCUT2D eigenvalue weighted by Gasteiger charge is -2.13. The number of nitriles is 1. The van der Waals surface area contributed by atoms with E-state index in [1.807, 2.05) is 36.4 Å². The van der Waals surface area contributed by atoms with Gasteiger partial charge in [0.05, 0.1) is 12.3 Å². The van der Waals surface area contributed by atoms with Crippen LogP contribution in [0.1, 0.15) is 37.8 Å². The molecule has 4 heteroatoms. The number of benzene rings is 1. The summed E-state index contributed by atoms with van der Waals surface area (Å²) in [5.41, 5.74) is 1.86. The average Bonchev–Trinajstić information content (AvgIpc) is 3.38. The highest BCUT2D eigenvalue weighted by Crippen LogP contribution is 2.37. The normalized spacial score (nSPS) is 13.6. The molecule has 0 saturated heterocycles. The van der Waals surface area contributed by atoms with Gasteiger partial charge in [-0.25, -0.2) is 0 Å². The van der Waals surface area contributed by atoms with Gasteiger partial charge in [0.15, 0.2) is 0 Å². The van der Waals surface area contributed by atoms with Crippen LogP contribution in [0.25, 0.3) is 11.3 Å². The van der Waals surface area contributed by atoms with Crippen LogP contribution in [0.15, 0.2) is 41.2 Å². The molecule has 1 fully saturated rings. The molecule has 0 spiro atoms. The maximum Gasteiger partial charge on any atom is 0.269 e. The smallest absolute Gasteiger partial charge is 0.269 e. The molecule has 2 aromatic rings. The zero-order chi connectivity index (χ0) is 15.5. The van der Waals surface area contributed by atoms with Crippen molar-refractivity contribution in [3.8, 4) is 23.1 Å². The Bertz CT molecular complexity index is 765. The Morgan fingerprint density at radius 1 is 1.23 bits per heavy atom. The Morgan fingerprint density at radius 3 is 2.55 bits per heavy atom. The van der Waals surface area contributed by atoms with Crippen LogP contribution in [-0.2, 0) is 0 Å². The number of pyridine rings is 1. The highest BCUT2D eigenvalue weighted by Gasteiger charge is 2.27. The second-order valence-electron chi connectivity index (χ2n) is 5.52. The minimum absolute atomic E-state index is 0.186. The third-order valence-corrected chi connectivity index (χ3v) is 3.77. The zero-order valence-corrected chi connectivity index (χ0v) is 12.6. The van der Waals surface area contributed by atoms with Gasteiger partial charge in [0.2, 0.25) is 0 Å². The highest BCUT2D eigenvalue weighted by molar-refractivity contribution is 5.61. The Morgan fingerprint density at radius 2 is 1.95 bits per heavy atom. The number of hydrogen-bond acceptors (Lipinski definition) is 3. The summed E-state index contributed by atoms with van der Waals surface area (Å²) < 4.78 is 7.35. The first-order valence-electron chi connectivity index (χ1n) is 7.63. The fourth-order valence-corrected chi connectivity index (χ4v) is 2.51. The van der Waals surface area contributed by atoms with Gasteiger partial charge >= 0.3 is 0 Å². The van der Waals surface area contributed by atoms with Crippen molar-refractivity contribution in [2.75, 3.05) is 6.61 Å². The van der Waals surface area contributed by atoms with Gasteiger partial charge < -0.3 is 9.30 Å². The lowest BCUT2D eigenvalue weighted by Crippen LogP contribution is -2.23. The molecule has 1 saturated carbocycles. The van der Waals surface area contributed by atoms with E-state index in [1.165, 1.54) is 0 Å². The van der Waals surface area contributed by atoms with Crippen LogP contribution in [0.2, 0.25) is 0 Å². The van der Waals surface area contributed by atoms with E-state index < -0.39 is 0 Å². The number of nitrogens with zero attached hydrogens (tertiary/aromatic N) is 2. The SMILES string of the molecule is CCCOc1ccc(-c2ccc(C#N)c(=O)n2C2CC2)cc1. The van der Waals surface area contributed by atoms with Crippen molar-refractivity contribution in [1.29, 1.82) is 5.26 Å². The molecule has 0 atom stereocenters. The van der Waals surface area contributed by atoms with Crippen molar-refractivity contribution >= 4 is 0 Å². The van der Waals surface area contributed by atoms with E-state index in [4.69, 9.17) is 10.00 Å². The highest BCUT2D eigenvalue weighted by atomic mass is 16.5. The number of rotatable bonds is 5. The van der Waals surface area contributed by atoms with E-state index in [1.54, 1.807) is 10.6 Å². The Kier molecular flexibility index (Phi) is 3.97. The van der Waals surface area contributed by atoms with Crippen molar-refractivity contribution in [2.45, 2.75) is 32.2 Å². The molecule has 1 aromatic heterocycles. The first-order chi connectivity index (χ1) is 10.7. The average molecular weight is 294 g/mol. The molecule has 0 radical (unpaired) electrons. The molecule has 1 aliphatic rings. The molecule has 0 N–H and O–H groups in total. The monoisotopic (exact) mass is 294 g/mol. The van der Waals surface area contributed by atoms with Crippen molar-refractivity contribution < 1.29 is 4.74 Å². The molecular weight excluding hydrogens is 276 g/mol.